The minimum absolute atomic E-state index is 0.0129. The molecule has 1 aromatic carbocycles. The highest BCUT2D eigenvalue weighted by molar-refractivity contribution is 6.33. The van der Waals surface area contributed by atoms with Crippen LogP contribution in [0.3, 0.4) is 0 Å². The normalized spacial score (nSPS) is 25.2. The van der Waals surface area contributed by atoms with E-state index in [0.29, 0.717) is 11.6 Å². The molecule has 1 amide bonds. The average Bonchev–Trinajstić information content (AvgIpc) is 2.81. The zero-order valence-corrected chi connectivity index (χ0v) is 11.6. The third-order valence-corrected chi connectivity index (χ3v) is 4.41. The highest BCUT2D eigenvalue weighted by atomic mass is 35.5. The number of hydrogen-bond donors (Lipinski definition) is 2. The summed E-state index contributed by atoms with van der Waals surface area (Å²) in [5.74, 6) is -0.871. The summed E-state index contributed by atoms with van der Waals surface area (Å²) in [4.78, 5) is 24.8. The van der Waals surface area contributed by atoms with E-state index in [0.717, 1.165) is 25.1 Å². The Morgan fingerprint density at radius 2 is 2.25 bits per heavy atom. The first-order chi connectivity index (χ1) is 9.58. The van der Waals surface area contributed by atoms with Crippen LogP contribution in [0.5, 0.6) is 0 Å². The van der Waals surface area contributed by atoms with E-state index in [9.17, 15) is 9.59 Å². The van der Waals surface area contributed by atoms with Crippen LogP contribution in [-0.4, -0.2) is 36.1 Å². The van der Waals surface area contributed by atoms with Crippen LogP contribution < -0.4 is 10.2 Å². The van der Waals surface area contributed by atoms with Gasteiger partial charge in [-0.2, -0.15) is 0 Å². The molecule has 3 rings (SSSR count). The average molecular weight is 295 g/mol. The Kier molecular flexibility index (Phi) is 3.30. The molecule has 6 heteroatoms. The van der Waals surface area contributed by atoms with Crippen molar-refractivity contribution in [3.8, 4) is 0 Å². The maximum Gasteiger partial charge on any atom is 0.335 e. The first-order valence-corrected chi connectivity index (χ1v) is 7.03. The zero-order chi connectivity index (χ0) is 14.3. The summed E-state index contributed by atoms with van der Waals surface area (Å²) in [6.07, 6.45) is 1.84. The van der Waals surface area contributed by atoms with Crippen molar-refractivity contribution in [1.29, 1.82) is 0 Å². The molecule has 2 atom stereocenters. The van der Waals surface area contributed by atoms with Gasteiger partial charge in [-0.25, -0.2) is 4.79 Å². The molecule has 2 aliphatic heterocycles. The van der Waals surface area contributed by atoms with Crippen LogP contribution in [0.4, 0.5) is 5.69 Å². The second-order valence-corrected chi connectivity index (χ2v) is 5.63. The van der Waals surface area contributed by atoms with Crippen LogP contribution in [0, 0.1) is 5.92 Å². The van der Waals surface area contributed by atoms with Gasteiger partial charge in [-0.3, -0.25) is 4.79 Å². The lowest BCUT2D eigenvalue weighted by atomic mass is 9.91. The van der Waals surface area contributed by atoms with Crippen molar-refractivity contribution >= 4 is 29.2 Å². The second kappa shape index (κ2) is 4.98. The zero-order valence-electron chi connectivity index (χ0n) is 10.8. The second-order valence-electron chi connectivity index (χ2n) is 5.23. The molecule has 0 radical (unpaired) electrons. The van der Waals surface area contributed by atoms with E-state index in [1.807, 2.05) is 0 Å². The summed E-state index contributed by atoms with van der Waals surface area (Å²) in [5, 5.41) is 12.3. The smallest absolute Gasteiger partial charge is 0.335 e. The topological polar surface area (TPSA) is 69.6 Å². The molecule has 0 aromatic heterocycles. The fourth-order valence-corrected chi connectivity index (χ4v) is 3.41. The van der Waals surface area contributed by atoms with Crippen LogP contribution in [0.25, 0.3) is 0 Å². The fourth-order valence-electron chi connectivity index (χ4n) is 3.12. The Labute approximate surface area is 121 Å². The van der Waals surface area contributed by atoms with E-state index in [4.69, 9.17) is 16.7 Å². The van der Waals surface area contributed by atoms with Crippen LogP contribution >= 0.6 is 11.6 Å². The lowest BCUT2D eigenvalue weighted by Gasteiger charge is -2.38. The lowest BCUT2D eigenvalue weighted by Crippen LogP contribution is -2.45. The predicted molar refractivity (Wildman–Crippen MR) is 75.3 cm³/mol. The molecule has 0 bridgehead atoms. The number of carboxylic acids is 1. The summed E-state index contributed by atoms with van der Waals surface area (Å²) >= 11 is 6.22. The van der Waals surface area contributed by atoms with Crippen molar-refractivity contribution in [1.82, 2.24) is 5.32 Å². The summed E-state index contributed by atoms with van der Waals surface area (Å²) < 4.78 is 0. The van der Waals surface area contributed by atoms with Crippen molar-refractivity contribution in [3.05, 3.63) is 28.8 Å². The summed E-state index contributed by atoms with van der Waals surface area (Å²) in [7, 11) is 0. The van der Waals surface area contributed by atoms with Crippen LogP contribution in [0.2, 0.25) is 5.02 Å². The number of anilines is 1. The molecule has 0 saturated carbocycles. The standard InChI is InChI=1S/C14H15ClN2O3/c15-10-6-8(14(19)20)3-4-11(10)17-5-1-2-9-12(17)7-16-13(9)18/h3-4,6,9,12H,1-2,5,7H2,(H,16,18)(H,19,20). The Bertz CT molecular complexity index is 576. The number of fused-ring (bicyclic) bond motifs is 1. The van der Waals surface area contributed by atoms with E-state index in [1.54, 1.807) is 12.1 Å². The molecule has 2 unspecified atom stereocenters. The number of halogens is 1. The van der Waals surface area contributed by atoms with E-state index < -0.39 is 5.97 Å². The first-order valence-electron chi connectivity index (χ1n) is 6.65. The molecule has 2 N–H and O–H groups in total. The first kappa shape index (κ1) is 13.2. The summed E-state index contributed by atoms with van der Waals surface area (Å²) in [6.45, 7) is 1.46. The van der Waals surface area contributed by atoms with Crippen molar-refractivity contribution in [2.24, 2.45) is 5.92 Å². The molecule has 20 heavy (non-hydrogen) atoms. The Balaban J connectivity index is 1.92. The van der Waals surface area contributed by atoms with Gasteiger partial charge in [0.05, 0.1) is 28.2 Å². The number of hydrogen-bond acceptors (Lipinski definition) is 3. The van der Waals surface area contributed by atoms with Crippen molar-refractivity contribution in [3.63, 3.8) is 0 Å². The molecule has 2 fully saturated rings. The fraction of sp³-hybridized carbons (Fsp3) is 0.429. The number of nitrogens with zero attached hydrogens (tertiary/aromatic N) is 1. The molecule has 2 heterocycles. The van der Waals surface area contributed by atoms with Crippen LogP contribution in [0.1, 0.15) is 23.2 Å². The van der Waals surface area contributed by atoms with Gasteiger partial charge in [0.15, 0.2) is 0 Å². The van der Waals surface area contributed by atoms with E-state index >= 15 is 0 Å². The van der Waals surface area contributed by atoms with Gasteiger partial charge >= 0.3 is 5.97 Å². The molecule has 0 spiro atoms. The number of carboxylic acid groups (broad SMARTS) is 1. The monoisotopic (exact) mass is 294 g/mol. The number of piperidine rings is 1. The van der Waals surface area contributed by atoms with Gasteiger partial charge in [-0.15, -0.1) is 0 Å². The third kappa shape index (κ3) is 2.12. The SMILES string of the molecule is O=C(O)c1ccc(N2CCCC3C(=O)NCC32)c(Cl)c1. The quantitative estimate of drug-likeness (QED) is 0.872. The molecule has 106 valence electrons. The van der Waals surface area contributed by atoms with Crippen molar-refractivity contribution < 1.29 is 14.7 Å². The summed E-state index contributed by atoms with van der Waals surface area (Å²) in [6, 6.07) is 4.87. The molecule has 2 saturated heterocycles. The van der Waals surface area contributed by atoms with Gasteiger partial charge in [0.25, 0.3) is 0 Å². The van der Waals surface area contributed by atoms with Gasteiger partial charge in [0.2, 0.25) is 5.91 Å². The highest BCUT2D eigenvalue weighted by Gasteiger charge is 2.41. The largest absolute Gasteiger partial charge is 0.478 e. The number of nitrogens with one attached hydrogen (secondary N) is 1. The number of carbonyl (C=O) groups is 2. The summed E-state index contributed by atoms with van der Waals surface area (Å²) in [5.41, 5.74) is 0.982. The van der Waals surface area contributed by atoms with Gasteiger partial charge < -0.3 is 15.3 Å². The van der Waals surface area contributed by atoms with Gasteiger partial charge in [0, 0.05) is 13.1 Å². The third-order valence-electron chi connectivity index (χ3n) is 4.11. The van der Waals surface area contributed by atoms with Gasteiger partial charge in [0.1, 0.15) is 0 Å². The van der Waals surface area contributed by atoms with Crippen molar-refractivity contribution in [2.45, 2.75) is 18.9 Å². The minimum atomic E-state index is -0.993. The molecular weight excluding hydrogens is 280 g/mol. The lowest BCUT2D eigenvalue weighted by molar-refractivity contribution is -0.123. The molecule has 2 aliphatic rings. The molecule has 1 aromatic rings. The van der Waals surface area contributed by atoms with E-state index in [-0.39, 0.29) is 23.4 Å². The molecular formula is C14H15ClN2O3. The Morgan fingerprint density at radius 3 is 2.95 bits per heavy atom. The van der Waals surface area contributed by atoms with E-state index in [1.165, 1.54) is 6.07 Å². The van der Waals surface area contributed by atoms with Crippen LogP contribution in [-0.2, 0) is 4.79 Å². The highest BCUT2D eigenvalue weighted by Crippen LogP contribution is 2.35. The van der Waals surface area contributed by atoms with Gasteiger partial charge in [-0.05, 0) is 31.0 Å². The number of rotatable bonds is 2. The minimum Gasteiger partial charge on any atom is -0.478 e. The number of aromatic carboxylic acids is 1. The maximum atomic E-state index is 11.8. The van der Waals surface area contributed by atoms with Gasteiger partial charge in [-0.1, -0.05) is 11.6 Å². The van der Waals surface area contributed by atoms with Crippen LogP contribution in [0.15, 0.2) is 18.2 Å². The molecule has 0 aliphatic carbocycles. The van der Waals surface area contributed by atoms with E-state index in [2.05, 4.69) is 10.2 Å². The van der Waals surface area contributed by atoms with Crippen molar-refractivity contribution in [2.75, 3.05) is 18.0 Å². The Morgan fingerprint density at radius 1 is 1.45 bits per heavy atom. The number of carbonyl (C=O) groups excluding carboxylic acids is 1. The number of amides is 1. The predicted octanol–water partition coefficient (Wildman–Crippen LogP) is 1.75. The maximum absolute atomic E-state index is 11.8. The Hall–Kier alpha value is -1.75. The molecule has 5 nitrogen and oxygen atoms in total. The number of benzene rings is 1.